The zero-order valence-corrected chi connectivity index (χ0v) is 26.0. The Labute approximate surface area is 226 Å². The van der Waals surface area contributed by atoms with Gasteiger partial charge >= 0.3 is 5.97 Å². The summed E-state index contributed by atoms with van der Waals surface area (Å²) in [5.41, 5.74) is 2.35. The molecule has 1 N–H and O–H groups in total. The van der Waals surface area contributed by atoms with Crippen LogP contribution in [0.5, 0.6) is 5.75 Å². The fourth-order valence-electron chi connectivity index (χ4n) is 5.52. The third-order valence-electron chi connectivity index (χ3n) is 6.98. The van der Waals surface area contributed by atoms with Crippen LogP contribution in [0.2, 0.25) is 39.3 Å². The summed E-state index contributed by atoms with van der Waals surface area (Å²) in [5.74, 6) is 7.21. The molecule has 2 unspecified atom stereocenters. The Balaban J connectivity index is 1.92. The summed E-state index contributed by atoms with van der Waals surface area (Å²) in [6.07, 6.45) is 8.02. The zero-order valence-electron chi connectivity index (χ0n) is 24.0. The summed E-state index contributed by atoms with van der Waals surface area (Å²) in [6, 6.07) is 6.36. The van der Waals surface area contributed by atoms with E-state index in [-0.39, 0.29) is 36.6 Å². The fourth-order valence-corrected chi connectivity index (χ4v) is 7.81. The lowest BCUT2D eigenvalue weighted by Crippen LogP contribution is -2.36. The van der Waals surface area contributed by atoms with E-state index in [2.05, 4.69) is 88.4 Å². The minimum absolute atomic E-state index is 0.0169. The molecule has 1 aromatic carbocycles. The summed E-state index contributed by atoms with van der Waals surface area (Å²) < 4.78 is 20.0. The number of hydrogen-bond donors (Lipinski definition) is 1. The summed E-state index contributed by atoms with van der Waals surface area (Å²) in [7, 11) is -3.52. The molecule has 2 aliphatic rings. The van der Waals surface area contributed by atoms with Crippen LogP contribution in [0.1, 0.15) is 56.6 Å². The van der Waals surface area contributed by atoms with Crippen molar-refractivity contribution >= 4 is 22.6 Å². The molecular formula is C30H46O5Si2. The van der Waals surface area contributed by atoms with Crippen LogP contribution in [-0.2, 0) is 20.1 Å². The number of carbonyl (C=O) groups is 1. The van der Waals surface area contributed by atoms with Crippen LogP contribution < -0.4 is 4.74 Å². The van der Waals surface area contributed by atoms with Crippen molar-refractivity contribution in [2.45, 2.75) is 109 Å². The molecule has 7 heteroatoms. The van der Waals surface area contributed by atoms with Gasteiger partial charge in [-0.2, -0.15) is 0 Å². The summed E-state index contributed by atoms with van der Waals surface area (Å²) >= 11 is 0. The molecule has 1 aromatic rings. The molecule has 0 saturated heterocycles. The largest absolute Gasteiger partial charge is 0.489 e. The van der Waals surface area contributed by atoms with E-state index >= 15 is 0 Å². The number of aliphatic carboxylic acids is 1. The Morgan fingerprint density at radius 3 is 2.57 bits per heavy atom. The Bertz CT molecular complexity index is 1030. The summed E-state index contributed by atoms with van der Waals surface area (Å²) in [5, 5.41) is 9.07. The molecule has 37 heavy (non-hydrogen) atoms. The molecule has 204 valence electrons. The standard InChI is InChI=1S/C30H46O5Si2/c1-9-10-13-21(2)25(34-36(3,4)5)19-18-23-26(35-37(6,7)8)20-27-29(23)24-16-11-14-22(30(24)33-27)15-12-17-28(31)32/h11,14,16,18-19,21,23,25-27,29H,12-13,15,17,20H2,1-8H3,(H,31,32)/b19-18+/t21?,23-,25+,26?,27-,29-/m0/s1. The SMILES string of the molecule is CC#CCC(C)[C@@H](/C=C/[C@H]1C(O[Si](C)(C)C)C[C@@H]2Oc3c(CCCC(=O)O)cccc3[C@@H]21)O[Si](C)(C)C. The number of aryl methyl sites for hydroxylation is 1. The average molecular weight is 543 g/mol. The predicted octanol–water partition coefficient (Wildman–Crippen LogP) is 7.00. The average Bonchev–Trinajstić information content (AvgIpc) is 3.29. The lowest BCUT2D eigenvalue weighted by atomic mass is 9.86. The van der Waals surface area contributed by atoms with Crippen molar-refractivity contribution in [1.82, 2.24) is 0 Å². The number of fused-ring (bicyclic) bond motifs is 3. The van der Waals surface area contributed by atoms with Gasteiger partial charge in [-0.15, -0.1) is 11.8 Å². The normalized spacial score (nSPS) is 24.6. The van der Waals surface area contributed by atoms with E-state index in [9.17, 15) is 4.79 Å². The maximum absolute atomic E-state index is 11.0. The predicted molar refractivity (Wildman–Crippen MR) is 155 cm³/mol. The van der Waals surface area contributed by atoms with Crippen LogP contribution in [0, 0.1) is 23.7 Å². The second kappa shape index (κ2) is 12.3. The molecule has 0 aromatic heterocycles. The molecule has 0 amide bonds. The minimum Gasteiger partial charge on any atom is -0.489 e. The molecule has 1 aliphatic carbocycles. The van der Waals surface area contributed by atoms with Crippen LogP contribution in [0.25, 0.3) is 0 Å². The highest BCUT2D eigenvalue weighted by atomic mass is 28.4. The smallest absolute Gasteiger partial charge is 0.303 e. The molecule has 1 saturated carbocycles. The first-order chi connectivity index (χ1) is 17.3. The molecular weight excluding hydrogens is 496 g/mol. The summed E-state index contributed by atoms with van der Waals surface area (Å²) in [4.78, 5) is 11.0. The number of benzene rings is 1. The molecule has 0 spiro atoms. The van der Waals surface area contributed by atoms with E-state index in [0.717, 1.165) is 24.2 Å². The van der Waals surface area contributed by atoms with E-state index in [1.807, 2.05) is 6.92 Å². The minimum atomic E-state index is -1.76. The zero-order chi connectivity index (χ0) is 27.4. The Morgan fingerprint density at radius 2 is 1.95 bits per heavy atom. The molecule has 6 atom stereocenters. The van der Waals surface area contributed by atoms with Crippen molar-refractivity contribution in [3.05, 3.63) is 41.5 Å². The van der Waals surface area contributed by atoms with E-state index in [0.29, 0.717) is 18.8 Å². The quantitative estimate of drug-likeness (QED) is 0.175. The maximum atomic E-state index is 11.0. The van der Waals surface area contributed by atoms with E-state index in [1.165, 1.54) is 5.56 Å². The number of rotatable bonds is 12. The summed E-state index contributed by atoms with van der Waals surface area (Å²) in [6.45, 7) is 17.6. The first-order valence-electron chi connectivity index (χ1n) is 13.7. The first kappa shape index (κ1) is 29.7. The van der Waals surface area contributed by atoms with Crippen molar-refractivity contribution in [3.63, 3.8) is 0 Å². The second-order valence-corrected chi connectivity index (χ2v) is 21.5. The third-order valence-corrected chi connectivity index (χ3v) is 8.97. The van der Waals surface area contributed by atoms with Crippen molar-refractivity contribution in [1.29, 1.82) is 0 Å². The van der Waals surface area contributed by atoms with Gasteiger partial charge in [0.05, 0.1) is 12.2 Å². The Hall–Kier alpha value is -1.86. The topological polar surface area (TPSA) is 65.0 Å². The monoisotopic (exact) mass is 542 g/mol. The molecule has 1 aliphatic heterocycles. The molecule has 3 rings (SSSR count). The fraction of sp³-hybridized carbons (Fsp3) is 0.633. The molecule has 0 bridgehead atoms. The van der Waals surface area contributed by atoms with Gasteiger partial charge in [0.15, 0.2) is 16.6 Å². The number of carboxylic acids is 1. The van der Waals surface area contributed by atoms with Crippen LogP contribution >= 0.6 is 0 Å². The van der Waals surface area contributed by atoms with Gasteiger partial charge in [0.25, 0.3) is 0 Å². The van der Waals surface area contributed by atoms with Gasteiger partial charge in [-0.25, -0.2) is 0 Å². The van der Waals surface area contributed by atoms with E-state index in [1.54, 1.807) is 0 Å². The number of hydrogen-bond acceptors (Lipinski definition) is 4. The van der Waals surface area contributed by atoms with Gasteiger partial charge in [0.2, 0.25) is 0 Å². The number of ether oxygens (including phenoxy) is 1. The van der Waals surface area contributed by atoms with Gasteiger partial charge in [-0.05, 0) is 70.5 Å². The van der Waals surface area contributed by atoms with Crippen molar-refractivity contribution in [3.8, 4) is 17.6 Å². The Kier molecular flexibility index (Phi) is 9.90. The number of para-hydroxylation sites is 1. The third kappa shape index (κ3) is 8.31. The second-order valence-electron chi connectivity index (χ2n) is 12.5. The van der Waals surface area contributed by atoms with Crippen molar-refractivity contribution < 1.29 is 23.5 Å². The number of carboxylic acid groups (broad SMARTS) is 1. The highest BCUT2D eigenvalue weighted by Crippen LogP contribution is 2.53. The Morgan fingerprint density at radius 1 is 1.22 bits per heavy atom. The molecule has 1 fully saturated rings. The first-order valence-corrected chi connectivity index (χ1v) is 20.5. The van der Waals surface area contributed by atoms with Crippen LogP contribution in [-0.4, -0.2) is 46.0 Å². The van der Waals surface area contributed by atoms with Gasteiger partial charge < -0.3 is 18.7 Å². The molecule has 5 nitrogen and oxygen atoms in total. The van der Waals surface area contributed by atoms with Gasteiger partial charge in [0, 0.05) is 36.7 Å². The lowest BCUT2D eigenvalue weighted by Gasteiger charge is -2.30. The van der Waals surface area contributed by atoms with Crippen molar-refractivity contribution in [2.24, 2.45) is 11.8 Å². The highest BCUT2D eigenvalue weighted by Gasteiger charge is 2.50. The van der Waals surface area contributed by atoms with E-state index < -0.39 is 22.6 Å². The highest BCUT2D eigenvalue weighted by molar-refractivity contribution is 6.70. The van der Waals surface area contributed by atoms with Gasteiger partial charge in [-0.1, -0.05) is 37.3 Å². The van der Waals surface area contributed by atoms with Crippen LogP contribution in [0.15, 0.2) is 30.4 Å². The van der Waals surface area contributed by atoms with Gasteiger partial charge in [0.1, 0.15) is 11.9 Å². The van der Waals surface area contributed by atoms with E-state index in [4.69, 9.17) is 18.7 Å². The van der Waals surface area contributed by atoms with Crippen molar-refractivity contribution in [2.75, 3.05) is 0 Å². The molecule has 1 heterocycles. The van der Waals surface area contributed by atoms with Crippen LogP contribution in [0.4, 0.5) is 0 Å². The lowest BCUT2D eigenvalue weighted by molar-refractivity contribution is -0.137. The van der Waals surface area contributed by atoms with Gasteiger partial charge in [-0.3, -0.25) is 4.79 Å². The molecule has 0 radical (unpaired) electrons. The van der Waals surface area contributed by atoms with Crippen LogP contribution in [0.3, 0.4) is 0 Å². The maximum Gasteiger partial charge on any atom is 0.303 e.